The number of hydrogen-bond donors (Lipinski definition) is 0. The zero-order valence-electron chi connectivity index (χ0n) is 9.06. The summed E-state index contributed by atoms with van der Waals surface area (Å²) in [6.45, 7) is 0.0445. The topological polar surface area (TPSA) is 84.0 Å². The molecule has 1 heterocycles. The molecule has 0 aliphatic carbocycles. The molecular weight excluding hydrogens is 216 g/mol. The van der Waals surface area contributed by atoms with Crippen LogP contribution < -0.4 is 0 Å². The van der Waals surface area contributed by atoms with Crippen molar-refractivity contribution < 1.29 is 23.9 Å². The van der Waals surface area contributed by atoms with Crippen LogP contribution in [0.1, 0.15) is 12.8 Å². The number of hydrogen-bond acceptors (Lipinski definition) is 5. The highest BCUT2D eigenvalue weighted by Crippen LogP contribution is 2.10. The summed E-state index contributed by atoms with van der Waals surface area (Å²) in [5.74, 6) is -2.11. The fourth-order valence-corrected chi connectivity index (χ4v) is 1.29. The van der Waals surface area contributed by atoms with Gasteiger partial charge in [-0.3, -0.25) is 24.2 Å². The summed E-state index contributed by atoms with van der Waals surface area (Å²) < 4.78 is 4.41. The number of methoxy groups -OCH3 is 1. The first-order valence-corrected chi connectivity index (χ1v) is 4.69. The molecule has 1 rings (SSSR count). The first kappa shape index (κ1) is 12.2. The maximum absolute atomic E-state index is 11.4. The Morgan fingerprint density at radius 1 is 1.25 bits per heavy atom. The van der Waals surface area contributed by atoms with E-state index in [0.717, 1.165) is 9.80 Å². The van der Waals surface area contributed by atoms with Crippen LogP contribution in [0.15, 0.2) is 0 Å². The highest BCUT2D eigenvalue weighted by Gasteiger charge is 2.41. The third-order valence-electron chi connectivity index (χ3n) is 2.24. The molecule has 0 N–H and O–H groups in total. The van der Waals surface area contributed by atoms with E-state index in [-0.39, 0.29) is 19.4 Å². The Bertz CT molecular complexity index is 352. The highest BCUT2D eigenvalue weighted by atomic mass is 16.5. The first-order chi connectivity index (χ1) is 7.49. The van der Waals surface area contributed by atoms with Crippen LogP contribution in [0.4, 0.5) is 4.79 Å². The van der Waals surface area contributed by atoms with Crippen LogP contribution in [0.25, 0.3) is 0 Å². The first-order valence-electron chi connectivity index (χ1n) is 4.69. The third-order valence-corrected chi connectivity index (χ3v) is 2.24. The van der Waals surface area contributed by atoms with Crippen LogP contribution in [0.3, 0.4) is 0 Å². The van der Waals surface area contributed by atoms with Crippen molar-refractivity contribution >= 4 is 23.8 Å². The standard InChI is InChI=1S/C9H12N2O5/c1-10-7(13)8(14)11(9(10)15)5-3-4-6(12)16-2/h3-5H2,1-2H3. The van der Waals surface area contributed by atoms with Gasteiger partial charge in [0.25, 0.3) is 0 Å². The van der Waals surface area contributed by atoms with Gasteiger partial charge in [-0.25, -0.2) is 4.79 Å². The average molecular weight is 228 g/mol. The van der Waals surface area contributed by atoms with E-state index in [1.165, 1.54) is 14.2 Å². The molecule has 0 aromatic rings. The molecule has 0 saturated carbocycles. The molecule has 1 aliphatic rings. The van der Waals surface area contributed by atoms with Gasteiger partial charge < -0.3 is 4.74 Å². The zero-order chi connectivity index (χ0) is 12.3. The van der Waals surface area contributed by atoms with Gasteiger partial charge in [-0.2, -0.15) is 0 Å². The van der Waals surface area contributed by atoms with Crippen LogP contribution in [-0.2, 0) is 19.1 Å². The SMILES string of the molecule is COC(=O)CCCN1C(=O)C(=O)N(C)C1=O. The molecule has 0 bridgehead atoms. The summed E-state index contributed by atoms with van der Waals surface area (Å²) in [5.41, 5.74) is 0. The van der Waals surface area contributed by atoms with Gasteiger partial charge in [0, 0.05) is 20.0 Å². The molecular formula is C9H12N2O5. The number of likely N-dealkylation sites (N-methyl/N-ethyl adjacent to an activating group) is 1. The van der Waals surface area contributed by atoms with Crippen molar-refractivity contribution in [3.8, 4) is 0 Å². The second kappa shape index (κ2) is 4.73. The minimum Gasteiger partial charge on any atom is -0.469 e. The molecule has 0 atom stereocenters. The third kappa shape index (κ3) is 2.18. The number of amides is 4. The van der Waals surface area contributed by atoms with E-state index in [0.29, 0.717) is 0 Å². The van der Waals surface area contributed by atoms with Crippen molar-refractivity contribution in [1.82, 2.24) is 9.80 Å². The second-order valence-corrected chi connectivity index (χ2v) is 3.28. The van der Waals surface area contributed by atoms with Crippen molar-refractivity contribution in [2.75, 3.05) is 20.7 Å². The molecule has 16 heavy (non-hydrogen) atoms. The lowest BCUT2D eigenvalue weighted by Gasteiger charge is -2.11. The maximum Gasteiger partial charge on any atom is 0.333 e. The Hall–Kier alpha value is -1.92. The molecule has 0 aromatic carbocycles. The van der Waals surface area contributed by atoms with E-state index in [1.54, 1.807) is 0 Å². The summed E-state index contributed by atoms with van der Waals surface area (Å²) in [4.78, 5) is 46.1. The predicted octanol–water partition coefficient (Wildman–Crippen LogP) is -0.640. The molecule has 7 heteroatoms. The normalized spacial score (nSPS) is 16.0. The summed E-state index contributed by atoms with van der Waals surface area (Å²) >= 11 is 0. The minimum atomic E-state index is -0.850. The molecule has 1 saturated heterocycles. The molecule has 7 nitrogen and oxygen atoms in total. The quantitative estimate of drug-likeness (QED) is 0.363. The number of urea groups is 1. The molecule has 0 unspecified atom stereocenters. The molecule has 1 aliphatic heterocycles. The molecule has 0 aromatic heterocycles. The largest absolute Gasteiger partial charge is 0.469 e. The number of imide groups is 2. The number of rotatable bonds is 4. The Morgan fingerprint density at radius 2 is 1.88 bits per heavy atom. The van der Waals surface area contributed by atoms with E-state index < -0.39 is 23.8 Å². The Kier molecular flexibility index (Phi) is 3.60. The number of nitrogens with zero attached hydrogens (tertiary/aromatic N) is 2. The lowest BCUT2D eigenvalue weighted by molar-refractivity contribution is -0.143. The number of ether oxygens (including phenoxy) is 1. The molecule has 4 amide bonds. The van der Waals surface area contributed by atoms with Gasteiger partial charge in [-0.05, 0) is 6.42 Å². The smallest absolute Gasteiger partial charge is 0.333 e. The fourth-order valence-electron chi connectivity index (χ4n) is 1.29. The predicted molar refractivity (Wildman–Crippen MR) is 51.1 cm³/mol. The Balaban J connectivity index is 2.49. The van der Waals surface area contributed by atoms with Crippen molar-refractivity contribution in [1.29, 1.82) is 0 Å². The van der Waals surface area contributed by atoms with Crippen LogP contribution in [0.2, 0.25) is 0 Å². The van der Waals surface area contributed by atoms with E-state index in [4.69, 9.17) is 0 Å². The zero-order valence-corrected chi connectivity index (χ0v) is 9.06. The average Bonchev–Trinajstić information content (AvgIpc) is 2.46. The van der Waals surface area contributed by atoms with Crippen LogP contribution in [0, 0.1) is 0 Å². The summed E-state index contributed by atoms with van der Waals surface area (Å²) in [6.07, 6.45) is 0.386. The van der Waals surface area contributed by atoms with Crippen molar-refractivity contribution in [2.45, 2.75) is 12.8 Å². The van der Waals surface area contributed by atoms with Crippen LogP contribution in [-0.4, -0.2) is 54.3 Å². The van der Waals surface area contributed by atoms with E-state index in [2.05, 4.69) is 4.74 Å². The van der Waals surface area contributed by atoms with Gasteiger partial charge in [-0.15, -0.1) is 0 Å². The van der Waals surface area contributed by atoms with Gasteiger partial charge in [-0.1, -0.05) is 0 Å². The summed E-state index contributed by atoms with van der Waals surface area (Å²) in [5, 5.41) is 0. The Morgan fingerprint density at radius 3 is 2.31 bits per heavy atom. The van der Waals surface area contributed by atoms with Crippen LogP contribution in [0.5, 0.6) is 0 Å². The molecule has 88 valence electrons. The number of esters is 1. The van der Waals surface area contributed by atoms with E-state index in [9.17, 15) is 19.2 Å². The maximum atomic E-state index is 11.4. The van der Waals surface area contributed by atoms with Gasteiger partial charge in [0.2, 0.25) is 0 Å². The van der Waals surface area contributed by atoms with Gasteiger partial charge >= 0.3 is 23.8 Å². The lowest BCUT2D eigenvalue weighted by Crippen LogP contribution is -2.32. The van der Waals surface area contributed by atoms with Gasteiger partial charge in [0.05, 0.1) is 7.11 Å². The highest BCUT2D eigenvalue weighted by molar-refractivity contribution is 6.44. The Labute approximate surface area is 91.9 Å². The minimum absolute atomic E-state index is 0.0445. The summed E-state index contributed by atoms with van der Waals surface area (Å²) in [7, 11) is 2.49. The monoisotopic (exact) mass is 228 g/mol. The van der Waals surface area contributed by atoms with Crippen LogP contribution >= 0.6 is 0 Å². The molecule has 0 spiro atoms. The van der Waals surface area contributed by atoms with Gasteiger partial charge in [0.1, 0.15) is 0 Å². The van der Waals surface area contributed by atoms with Gasteiger partial charge in [0.15, 0.2) is 0 Å². The number of carbonyl (C=O) groups is 4. The van der Waals surface area contributed by atoms with Crippen molar-refractivity contribution in [2.24, 2.45) is 0 Å². The van der Waals surface area contributed by atoms with Crippen molar-refractivity contribution in [3.05, 3.63) is 0 Å². The second-order valence-electron chi connectivity index (χ2n) is 3.28. The van der Waals surface area contributed by atoms with Crippen molar-refractivity contribution in [3.63, 3.8) is 0 Å². The molecule has 1 fully saturated rings. The lowest BCUT2D eigenvalue weighted by atomic mass is 10.3. The fraction of sp³-hybridized carbons (Fsp3) is 0.556. The molecule has 0 radical (unpaired) electrons. The van der Waals surface area contributed by atoms with E-state index in [1.807, 2.05) is 0 Å². The van der Waals surface area contributed by atoms with E-state index >= 15 is 0 Å². The summed E-state index contributed by atoms with van der Waals surface area (Å²) in [6, 6.07) is -0.653. The number of carbonyl (C=O) groups excluding carboxylic acids is 4.